The van der Waals surface area contributed by atoms with Gasteiger partial charge in [0.25, 0.3) is 5.91 Å². The quantitative estimate of drug-likeness (QED) is 0.561. The molecule has 3 rings (SSSR count). The fourth-order valence-electron chi connectivity index (χ4n) is 2.53. The van der Waals surface area contributed by atoms with Gasteiger partial charge in [0.05, 0.1) is 11.4 Å². The van der Waals surface area contributed by atoms with E-state index in [2.05, 4.69) is 10.3 Å². The molecule has 0 radical (unpaired) electrons. The van der Waals surface area contributed by atoms with Gasteiger partial charge in [0, 0.05) is 7.05 Å². The molecule has 1 aliphatic heterocycles. The van der Waals surface area contributed by atoms with Crippen LogP contribution in [0.4, 0.5) is 20.6 Å². The summed E-state index contributed by atoms with van der Waals surface area (Å²) in [7, 11) is 1.32. The predicted molar refractivity (Wildman–Crippen MR) is 109 cm³/mol. The average Bonchev–Trinajstić information content (AvgIpc) is 2.86. The number of amides is 3. The number of likely N-dealkylation sites (N-methyl/N-ethyl adjacent to an activating group) is 1. The third kappa shape index (κ3) is 4.06. The Morgan fingerprint density at radius 3 is 2.25 bits per heavy atom. The van der Waals surface area contributed by atoms with E-state index in [1.807, 2.05) is 0 Å². The van der Waals surface area contributed by atoms with Gasteiger partial charge < -0.3 is 5.32 Å². The Balaban J connectivity index is 2.05. The van der Waals surface area contributed by atoms with Crippen LogP contribution >= 0.6 is 34.8 Å². The van der Waals surface area contributed by atoms with Crippen LogP contribution < -0.4 is 10.2 Å². The number of amidine groups is 1. The van der Waals surface area contributed by atoms with Crippen molar-refractivity contribution in [2.75, 3.05) is 17.3 Å². The molecule has 0 aromatic heterocycles. The second-order valence-electron chi connectivity index (χ2n) is 5.84. The summed E-state index contributed by atoms with van der Waals surface area (Å²) in [5.74, 6) is -1.52. The molecule has 10 heteroatoms. The molecule has 1 saturated heterocycles. The number of alkyl halides is 3. The Kier molecular flexibility index (Phi) is 5.79. The van der Waals surface area contributed by atoms with E-state index in [1.165, 1.54) is 25.2 Å². The molecule has 1 fully saturated rings. The van der Waals surface area contributed by atoms with Crippen LogP contribution in [0, 0.1) is 5.82 Å². The number of halogens is 4. The number of carbonyl (C=O) groups is 2. The van der Waals surface area contributed by atoms with Gasteiger partial charge in [0.15, 0.2) is 6.17 Å². The van der Waals surface area contributed by atoms with Crippen molar-refractivity contribution >= 4 is 64.0 Å². The van der Waals surface area contributed by atoms with Crippen molar-refractivity contribution in [3.63, 3.8) is 0 Å². The van der Waals surface area contributed by atoms with Gasteiger partial charge in [-0.1, -0.05) is 65.1 Å². The van der Waals surface area contributed by atoms with Gasteiger partial charge >= 0.3 is 6.03 Å². The van der Waals surface area contributed by atoms with Crippen molar-refractivity contribution in [1.82, 2.24) is 4.90 Å². The highest BCUT2D eigenvalue weighted by atomic mass is 35.6. The molecule has 146 valence electrons. The third-order valence-corrected chi connectivity index (χ3v) is 4.55. The molecule has 0 saturated carbocycles. The van der Waals surface area contributed by atoms with Crippen LogP contribution in [0.15, 0.2) is 59.6 Å². The van der Waals surface area contributed by atoms with E-state index in [0.717, 1.165) is 9.80 Å². The highest BCUT2D eigenvalue weighted by molar-refractivity contribution is 6.68. The number of urea groups is 1. The Labute approximate surface area is 175 Å². The standard InChI is InChI=1S/C18H14Cl3FN4O2/c1-25-15(27)14(26(17(25)28)11-7-3-2-4-8-11)24-16(18(19,20)21)23-13-10-6-5-9-12(13)22/h2-10,16,23H,1H3. The SMILES string of the molecule is CN1C(=O)C(=NC(Nc2ccccc2F)C(Cl)(Cl)Cl)N(c2ccccc2)C1=O. The van der Waals surface area contributed by atoms with E-state index in [1.54, 1.807) is 36.4 Å². The molecule has 1 heterocycles. The minimum Gasteiger partial charge on any atom is -0.358 e. The van der Waals surface area contributed by atoms with E-state index in [9.17, 15) is 14.0 Å². The highest BCUT2D eigenvalue weighted by Crippen LogP contribution is 2.34. The number of hydrogen-bond acceptors (Lipinski definition) is 4. The number of imide groups is 1. The Bertz CT molecular complexity index is 934. The summed E-state index contributed by atoms with van der Waals surface area (Å²) in [6, 6.07) is 13.6. The molecular weight excluding hydrogens is 430 g/mol. The fraction of sp³-hybridized carbons (Fsp3) is 0.167. The van der Waals surface area contributed by atoms with Crippen LogP contribution in [-0.4, -0.2) is 39.7 Å². The molecule has 28 heavy (non-hydrogen) atoms. The topological polar surface area (TPSA) is 65.0 Å². The van der Waals surface area contributed by atoms with E-state index in [-0.39, 0.29) is 11.5 Å². The van der Waals surface area contributed by atoms with Crippen molar-refractivity contribution in [3.05, 3.63) is 60.4 Å². The third-order valence-electron chi connectivity index (χ3n) is 3.93. The minimum atomic E-state index is -2.04. The highest BCUT2D eigenvalue weighted by Gasteiger charge is 2.43. The lowest BCUT2D eigenvalue weighted by molar-refractivity contribution is -0.119. The monoisotopic (exact) mass is 442 g/mol. The number of para-hydroxylation sites is 2. The smallest absolute Gasteiger partial charge is 0.337 e. The number of aliphatic imine (C=N–C) groups is 1. The van der Waals surface area contributed by atoms with Crippen molar-refractivity contribution in [2.45, 2.75) is 9.96 Å². The van der Waals surface area contributed by atoms with Crippen LogP contribution in [0.2, 0.25) is 0 Å². The molecular formula is C18H14Cl3FN4O2. The summed E-state index contributed by atoms with van der Waals surface area (Å²) >= 11 is 18.0. The molecule has 1 aliphatic rings. The fourth-order valence-corrected chi connectivity index (χ4v) is 2.84. The number of hydrogen-bond donors (Lipinski definition) is 1. The lowest BCUT2D eigenvalue weighted by Crippen LogP contribution is -2.38. The van der Waals surface area contributed by atoms with Crippen molar-refractivity contribution in [1.29, 1.82) is 0 Å². The summed E-state index contributed by atoms with van der Waals surface area (Å²) in [5, 5.41) is 2.67. The van der Waals surface area contributed by atoms with Gasteiger partial charge in [-0.25, -0.2) is 19.1 Å². The number of rotatable bonds is 4. The van der Waals surface area contributed by atoms with E-state index < -0.39 is 27.7 Å². The first-order valence-electron chi connectivity index (χ1n) is 8.03. The molecule has 0 spiro atoms. The molecule has 1 unspecified atom stereocenters. The zero-order chi connectivity index (χ0) is 20.5. The average molecular weight is 444 g/mol. The van der Waals surface area contributed by atoms with Gasteiger partial charge in [0.2, 0.25) is 9.63 Å². The Morgan fingerprint density at radius 1 is 1.04 bits per heavy atom. The number of anilines is 2. The molecule has 0 bridgehead atoms. The van der Waals surface area contributed by atoms with E-state index in [4.69, 9.17) is 34.8 Å². The van der Waals surface area contributed by atoms with Crippen LogP contribution in [0.1, 0.15) is 0 Å². The zero-order valence-corrected chi connectivity index (χ0v) is 16.7. The molecule has 0 aliphatic carbocycles. The number of nitrogens with zero attached hydrogens (tertiary/aromatic N) is 3. The van der Waals surface area contributed by atoms with E-state index in [0.29, 0.717) is 5.69 Å². The molecule has 1 N–H and O–H groups in total. The first-order chi connectivity index (χ1) is 13.2. The first kappa shape index (κ1) is 20.4. The normalized spacial score (nSPS) is 17.4. The Hall–Kier alpha value is -2.35. The van der Waals surface area contributed by atoms with Gasteiger partial charge in [-0.05, 0) is 24.3 Å². The van der Waals surface area contributed by atoms with Crippen LogP contribution in [0.5, 0.6) is 0 Å². The summed E-state index contributed by atoms with van der Waals surface area (Å²) in [6.45, 7) is 0. The van der Waals surface area contributed by atoms with Crippen LogP contribution in [-0.2, 0) is 4.79 Å². The van der Waals surface area contributed by atoms with Gasteiger partial charge in [0.1, 0.15) is 5.82 Å². The minimum absolute atomic E-state index is 0.0274. The zero-order valence-electron chi connectivity index (χ0n) is 14.4. The summed E-state index contributed by atoms with van der Waals surface area (Å²) < 4.78 is 12.0. The van der Waals surface area contributed by atoms with Crippen LogP contribution in [0.3, 0.4) is 0 Å². The first-order valence-corrected chi connectivity index (χ1v) is 9.16. The molecule has 2 aromatic rings. The number of benzene rings is 2. The van der Waals surface area contributed by atoms with Gasteiger partial charge in [-0.2, -0.15) is 0 Å². The largest absolute Gasteiger partial charge is 0.358 e. The molecule has 6 nitrogen and oxygen atoms in total. The molecule has 3 amide bonds. The Morgan fingerprint density at radius 2 is 1.64 bits per heavy atom. The van der Waals surface area contributed by atoms with E-state index >= 15 is 0 Å². The van der Waals surface area contributed by atoms with Crippen LogP contribution in [0.25, 0.3) is 0 Å². The maximum atomic E-state index is 14.0. The summed E-state index contributed by atoms with van der Waals surface area (Å²) in [6.07, 6.45) is -1.35. The summed E-state index contributed by atoms with van der Waals surface area (Å²) in [4.78, 5) is 31.3. The predicted octanol–water partition coefficient (Wildman–Crippen LogP) is 4.43. The lowest BCUT2D eigenvalue weighted by Gasteiger charge is -2.24. The lowest BCUT2D eigenvalue weighted by atomic mass is 10.3. The van der Waals surface area contributed by atoms with Gasteiger partial charge in [-0.15, -0.1) is 0 Å². The molecule has 2 aromatic carbocycles. The van der Waals surface area contributed by atoms with Gasteiger partial charge in [-0.3, -0.25) is 9.69 Å². The van der Waals surface area contributed by atoms with Crippen molar-refractivity contribution < 1.29 is 14.0 Å². The van der Waals surface area contributed by atoms with Crippen molar-refractivity contribution in [3.8, 4) is 0 Å². The second-order valence-corrected chi connectivity index (χ2v) is 8.21. The maximum absolute atomic E-state index is 14.0. The number of nitrogens with one attached hydrogen (secondary N) is 1. The molecule has 1 atom stereocenters. The second kappa shape index (κ2) is 7.95. The summed E-state index contributed by atoms with van der Waals surface area (Å²) in [5.41, 5.74) is 0.442. The maximum Gasteiger partial charge on any atom is 0.337 e. The number of carbonyl (C=O) groups excluding carboxylic acids is 2. The van der Waals surface area contributed by atoms with Crippen molar-refractivity contribution in [2.24, 2.45) is 4.99 Å².